The van der Waals surface area contributed by atoms with Gasteiger partial charge in [0.1, 0.15) is 5.75 Å². The van der Waals surface area contributed by atoms with Crippen molar-refractivity contribution in [2.24, 2.45) is 0 Å². The maximum atomic E-state index is 13.0. The molecule has 1 aliphatic heterocycles. The standard InChI is InChI=1S/C20H14F3NO4S2/c21-20(22,23)13-5-3-6-14(11-13)24-18(27)16(30-19(24)29)10-12-4-1-2-7-15(12)28-9-8-17(25)26/h1-7,10-11H,8-9H2,(H,25,26)/b16-10+. The lowest BCUT2D eigenvalue weighted by Crippen LogP contribution is -2.27. The van der Waals surface area contributed by atoms with Gasteiger partial charge in [0.2, 0.25) is 0 Å². The number of anilines is 1. The van der Waals surface area contributed by atoms with Crippen LogP contribution in [0, 0.1) is 0 Å². The number of nitrogens with zero attached hydrogens (tertiary/aromatic N) is 1. The van der Waals surface area contributed by atoms with E-state index in [4.69, 9.17) is 22.1 Å². The number of ether oxygens (including phenoxy) is 1. The highest BCUT2D eigenvalue weighted by molar-refractivity contribution is 8.27. The van der Waals surface area contributed by atoms with Crippen molar-refractivity contribution < 1.29 is 32.6 Å². The van der Waals surface area contributed by atoms with Crippen molar-refractivity contribution in [3.63, 3.8) is 0 Å². The SMILES string of the molecule is O=C(O)CCOc1ccccc1/C=C1/SC(=S)N(c2cccc(C(F)(F)F)c2)C1=O. The first-order chi connectivity index (χ1) is 14.2. The average molecular weight is 453 g/mol. The second kappa shape index (κ2) is 8.88. The molecule has 0 atom stereocenters. The molecule has 0 saturated carbocycles. The molecule has 1 aliphatic rings. The lowest BCUT2D eigenvalue weighted by atomic mass is 10.1. The fraction of sp³-hybridized carbons (Fsp3) is 0.150. The van der Waals surface area contributed by atoms with E-state index < -0.39 is 23.6 Å². The number of thioether (sulfide) groups is 1. The summed E-state index contributed by atoms with van der Waals surface area (Å²) in [5.41, 5.74) is -0.329. The second-order valence-electron chi connectivity index (χ2n) is 6.10. The molecular weight excluding hydrogens is 439 g/mol. The zero-order valence-corrected chi connectivity index (χ0v) is 16.8. The number of carbonyl (C=O) groups excluding carboxylic acids is 1. The van der Waals surface area contributed by atoms with E-state index in [0.29, 0.717) is 11.3 Å². The summed E-state index contributed by atoms with van der Waals surface area (Å²) in [7, 11) is 0. The van der Waals surface area contributed by atoms with Crippen LogP contribution in [0.25, 0.3) is 6.08 Å². The van der Waals surface area contributed by atoms with Crippen LogP contribution in [0.1, 0.15) is 17.5 Å². The van der Waals surface area contributed by atoms with E-state index in [9.17, 15) is 22.8 Å². The molecule has 0 aromatic heterocycles. The molecule has 10 heteroatoms. The molecule has 5 nitrogen and oxygen atoms in total. The van der Waals surface area contributed by atoms with Crippen LogP contribution in [0.3, 0.4) is 0 Å². The molecule has 1 amide bonds. The number of para-hydroxylation sites is 1. The maximum absolute atomic E-state index is 13.0. The van der Waals surface area contributed by atoms with Gasteiger partial charge in [-0.3, -0.25) is 14.5 Å². The number of hydrogen-bond acceptors (Lipinski definition) is 5. The van der Waals surface area contributed by atoms with Crippen LogP contribution in [0.2, 0.25) is 0 Å². The summed E-state index contributed by atoms with van der Waals surface area (Å²) in [6.07, 6.45) is -3.21. The molecule has 0 radical (unpaired) electrons. The Balaban J connectivity index is 1.87. The molecule has 1 N–H and O–H groups in total. The largest absolute Gasteiger partial charge is 0.492 e. The lowest BCUT2D eigenvalue weighted by Gasteiger charge is -2.16. The second-order valence-corrected chi connectivity index (χ2v) is 7.77. The number of carboxylic acid groups (broad SMARTS) is 1. The predicted molar refractivity (Wildman–Crippen MR) is 111 cm³/mol. The summed E-state index contributed by atoms with van der Waals surface area (Å²) in [5.74, 6) is -1.18. The van der Waals surface area contributed by atoms with Crippen molar-refractivity contribution in [2.75, 3.05) is 11.5 Å². The van der Waals surface area contributed by atoms with Gasteiger partial charge in [0.15, 0.2) is 4.32 Å². The number of rotatable bonds is 6. The quantitative estimate of drug-likeness (QED) is 0.492. The first-order valence-electron chi connectivity index (χ1n) is 8.55. The van der Waals surface area contributed by atoms with Gasteiger partial charge in [0.25, 0.3) is 5.91 Å². The van der Waals surface area contributed by atoms with Crippen LogP contribution in [0.15, 0.2) is 53.4 Å². The Morgan fingerprint density at radius 1 is 1.20 bits per heavy atom. The van der Waals surface area contributed by atoms with Crippen molar-refractivity contribution in [3.8, 4) is 5.75 Å². The summed E-state index contributed by atoms with van der Waals surface area (Å²) in [5, 5.41) is 8.73. The Kier molecular flexibility index (Phi) is 6.47. The summed E-state index contributed by atoms with van der Waals surface area (Å²) in [6.45, 7) is -0.0502. The smallest absolute Gasteiger partial charge is 0.416 e. The molecule has 0 aliphatic carbocycles. The maximum Gasteiger partial charge on any atom is 0.416 e. The molecule has 1 fully saturated rings. The van der Waals surface area contributed by atoms with Crippen LogP contribution >= 0.6 is 24.0 Å². The van der Waals surface area contributed by atoms with Crippen molar-refractivity contribution in [1.82, 2.24) is 0 Å². The van der Waals surface area contributed by atoms with E-state index in [0.717, 1.165) is 28.8 Å². The van der Waals surface area contributed by atoms with Gasteiger partial charge in [-0.1, -0.05) is 48.2 Å². The van der Waals surface area contributed by atoms with Gasteiger partial charge < -0.3 is 9.84 Å². The Hall–Kier alpha value is -2.85. The first kappa shape index (κ1) is 21.8. The molecule has 0 spiro atoms. The normalized spacial score (nSPS) is 15.7. The van der Waals surface area contributed by atoms with E-state index >= 15 is 0 Å². The van der Waals surface area contributed by atoms with Crippen LogP contribution < -0.4 is 9.64 Å². The molecular formula is C20H14F3NO4S2. The Morgan fingerprint density at radius 2 is 1.93 bits per heavy atom. The molecule has 3 rings (SSSR count). The molecule has 1 heterocycles. The van der Waals surface area contributed by atoms with Crippen molar-refractivity contribution in [1.29, 1.82) is 0 Å². The zero-order valence-electron chi connectivity index (χ0n) is 15.2. The number of amides is 1. The zero-order chi connectivity index (χ0) is 21.9. The van der Waals surface area contributed by atoms with E-state index in [-0.39, 0.29) is 27.9 Å². The Labute approximate surface area is 179 Å². The van der Waals surface area contributed by atoms with Gasteiger partial charge in [-0.15, -0.1) is 0 Å². The average Bonchev–Trinajstić information content (AvgIpc) is 2.95. The van der Waals surface area contributed by atoms with Gasteiger partial charge in [0, 0.05) is 5.56 Å². The molecule has 156 valence electrons. The van der Waals surface area contributed by atoms with Crippen LogP contribution in [-0.2, 0) is 15.8 Å². The first-order valence-corrected chi connectivity index (χ1v) is 9.78. The van der Waals surface area contributed by atoms with E-state index in [1.54, 1.807) is 24.3 Å². The summed E-state index contributed by atoms with van der Waals surface area (Å²) in [6, 6.07) is 11.1. The number of carbonyl (C=O) groups is 2. The fourth-order valence-electron chi connectivity index (χ4n) is 2.63. The van der Waals surface area contributed by atoms with Gasteiger partial charge >= 0.3 is 12.1 Å². The fourth-order valence-corrected chi connectivity index (χ4v) is 3.92. The number of aliphatic carboxylic acids is 1. The highest BCUT2D eigenvalue weighted by Crippen LogP contribution is 2.39. The number of thiocarbonyl (C=S) groups is 1. The van der Waals surface area contributed by atoms with E-state index in [1.807, 2.05) is 0 Å². The van der Waals surface area contributed by atoms with Gasteiger partial charge in [-0.25, -0.2) is 0 Å². The van der Waals surface area contributed by atoms with Gasteiger partial charge in [-0.05, 0) is 30.3 Å². The predicted octanol–water partition coefficient (Wildman–Crippen LogP) is 4.96. The minimum atomic E-state index is -4.54. The van der Waals surface area contributed by atoms with Crippen LogP contribution in [-0.4, -0.2) is 27.9 Å². The van der Waals surface area contributed by atoms with Crippen molar-refractivity contribution in [2.45, 2.75) is 12.6 Å². The number of halogens is 3. The minimum Gasteiger partial charge on any atom is -0.492 e. The monoisotopic (exact) mass is 453 g/mol. The molecule has 30 heavy (non-hydrogen) atoms. The third-order valence-corrected chi connectivity index (χ3v) is 5.31. The minimum absolute atomic E-state index is 0.0294. The summed E-state index contributed by atoms with van der Waals surface area (Å²) in [4.78, 5) is 24.8. The molecule has 0 unspecified atom stereocenters. The molecule has 0 bridgehead atoms. The number of benzene rings is 2. The third kappa shape index (κ3) is 5.00. The van der Waals surface area contributed by atoms with Crippen molar-refractivity contribution in [3.05, 3.63) is 64.6 Å². The number of hydrogen-bond donors (Lipinski definition) is 1. The number of carboxylic acids is 1. The Morgan fingerprint density at radius 3 is 2.63 bits per heavy atom. The Bertz CT molecular complexity index is 1040. The van der Waals surface area contributed by atoms with Crippen LogP contribution in [0.4, 0.5) is 18.9 Å². The summed E-state index contributed by atoms with van der Waals surface area (Å²) < 4.78 is 44.6. The van der Waals surface area contributed by atoms with Gasteiger partial charge in [0.05, 0.1) is 29.2 Å². The van der Waals surface area contributed by atoms with E-state index in [2.05, 4.69) is 0 Å². The van der Waals surface area contributed by atoms with E-state index in [1.165, 1.54) is 18.2 Å². The third-order valence-electron chi connectivity index (χ3n) is 4.00. The van der Waals surface area contributed by atoms with Gasteiger partial charge in [-0.2, -0.15) is 13.2 Å². The summed E-state index contributed by atoms with van der Waals surface area (Å²) >= 11 is 6.17. The van der Waals surface area contributed by atoms with Crippen molar-refractivity contribution >= 4 is 51.9 Å². The van der Waals surface area contributed by atoms with Crippen LogP contribution in [0.5, 0.6) is 5.75 Å². The molecule has 1 saturated heterocycles. The molecule has 2 aromatic carbocycles. The highest BCUT2D eigenvalue weighted by atomic mass is 32.2. The number of alkyl halides is 3. The topological polar surface area (TPSA) is 66.8 Å². The molecule has 2 aromatic rings. The lowest BCUT2D eigenvalue weighted by molar-refractivity contribution is -0.138. The highest BCUT2D eigenvalue weighted by Gasteiger charge is 2.36.